The van der Waals surface area contributed by atoms with Crippen LogP contribution in [0.1, 0.15) is 49.0 Å². The second-order valence-electron chi connectivity index (χ2n) is 8.64. The molecule has 1 amide bonds. The molecule has 1 fully saturated rings. The fraction of sp³-hybridized carbons (Fsp3) is 0.435. The number of rotatable bonds is 7. The molecule has 1 saturated heterocycles. The molecule has 0 atom stereocenters. The number of amides is 1. The Hall–Kier alpha value is -2.45. The van der Waals surface area contributed by atoms with E-state index in [0.717, 1.165) is 19.2 Å². The minimum absolute atomic E-state index is 0.0202. The van der Waals surface area contributed by atoms with Crippen LogP contribution in [-0.4, -0.2) is 44.4 Å². The molecule has 6 nitrogen and oxygen atoms in total. The zero-order valence-electron chi connectivity index (χ0n) is 18.2. The van der Waals surface area contributed by atoms with Crippen molar-refractivity contribution in [3.63, 3.8) is 0 Å². The number of anilines is 1. The van der Waals surface area contributed by atoms with Crippen molar-refractivity contribution in [1.82, 2.24) is 10.2 Å². The summed E-state index contributed by atoms with van der Waals surface area (Å²) in [5, 5.41) is 2.99. The average molecular weight is 448 g/mol. The van der Waals surface area contributed by atoms with Crippen LogP contribution >= 0.6 is 0 Å². The number of hydrogen-bond acceptors (Lipinski definition) is 4. The normalized spacial score (nSPS) is 15.5. The predicted molar refractivity (Wildman–Crippen MR) is 120 cm³/mol. The number of likely N-dealkylation sites (tertiary alicyclic amines) is 1. The van der Waals surface area contributed by atoms with Gasteiger partial charge in [0.2, 0.25) is 0 Å². The first-order valence-electron chi connectivity index (χ1n) is 10.5. The number of piperidine rings is 1. The van der Waals surface area contributed by atoms with Gasteiger partial charge in [0.25, 0.3) is 15.9 Å². The number of sulfonamides is 1. The molecule has 0 aromatic heterocycles. The predicted octanol–water partition coefficient (Wildman–Crippen LogP) is 3.93. The molecule has 2 aromatic carbocycles. The third kappa shape index (κ3) is 5.83. The summed E-state index contributed by atoms with van der Waals surface area (Å²) in [4.78, 5) is 14.9. The van der Waals surface area contributed by atoms with Crippen LogP contribution in [-0.2, 0) is 10.0 Å². The molecule has 1 aliphatic rings. The summed E-state index contributed by atoms with van der Waals surface area (Å²) >= 11 is 0. The monoisotopic (exact) mass is 447 g/mol. The first kappa shape index (κ1) is 23.2. The maximum Gasteiger partial charge on any atom is 0.261 e. The van der Waals surface area contributed by atoms with Gasteiger partial charge in [0.15, 0.2) is 0 Å². The van der Waals surface area contributed by atoms with E-state index in [1.165, 1.54) is 38.3 Å². The zero-order valence-corrected chi connectivity index (χ0v) is 19.1. The fourth-order valence-corrected chi connectivity index (χ4v) is 4.84. The Kier molecular flexibility index (Phi) is 7.01. The van der Waals surface area contributed by atoms with Gasteiger partial charge in [-0.15, -0.1) is 0 Å². The summed E-state index contributed by atoms with van der Waals surface area (Å²) in [7, 11) is -3.85. The Labute approximate surface area is 183 Å². The topological polar surface area (TPSA) is 78.5 Å². The van der Waals surface area contributed by atoms with E-state index < -0.39 is 15.8 Å². The maximum absolute atomic E-state index is 13.4. The number of nitrogens with zero attached hydrogens (tertiary/aromatic N) is 1. The van der Waals surface area contributed by atoms with Gasteiger partial charge in [-0.25, -0.2) is 12.8 Å². The van der Waals surface area contributed by atoms with Crippen molar-refractivity contribution in [2.45, 2.75) is 50.5 Å². The highest BCUT2D eigenvalue weighted by atomic mass is 32.2. The molecule has 0 spiro atoms. The summed E-state index contributed by atoms with van der Waals surface area (Å²) < 4.78 is 40.9. The van der Waals surface area contributed by atoms with E-state index in [1.54, 1.807) is 24.3 Å². The van der Waals surface area contributed by atoms with Crippen LogP contribution in [0.25, 0.3) is 0 Å². The van der Waals surface area contributed by atoms with Crippen LogP contribution in [0.2, 0.25) is 0 Å². The molecule has 168 valence electrons. The molecule has 1 heterocycles. The number of halogens is 1. The van der Waals surface area contributed by atoms with E-state index in [1.807, 2.05) is 0 Å². The van der Waals surface area contributed by atoms with Crippen molar-refractivity contribution in [2.24, 2.45) is 0 Å². The maximum atomic E-state index is 13.4. The summed E-state index contributed by atoms with van der Waals surface area (Å²) in [6.07, 6.45) is 3.63. The highest BCUT2D eigenvalue weighted by Crippen LogP contribution is 2.21. The number of carbonyl (C=O) groups excluding carboxylic acids is 1. The van der Waals surface area contributed by atoms with Gasteiger partial charge in [-0.05, 0) is 94.7 Å². The largest absolute Gasteiger partial charge is 0.350 e. The number of aryl methyl sites for hydroxylation is 1. The van der Waals surface area contributed by atoms with Crippen LogP contribution in [0.5, 0.6) is 0 Å². The first-order valence-corrected chi connectivity index (χ1v) is 12.0. The van der Waals surface area contributed by atoms with Gasteiger partial charge >= 0.3 is 0 Å². The summed E-state index contributed by atoms with van der Waals surface area (Å²) in [5.41, 5.74) is 0.906. The molecular formula is C23H30FN3O3S. The standard InChI is InChI=1S/C23H30FN3O3S/c1-17-15-20(11-12-21(17)24)31(29,30)26-19-9-7-18(8-10-19)22(28)25-16-23(2,3)27-13-5-4-6-14-27/h7-12,15,26H,4-6,13-14,16H2,1-3H3,(H,25,28). The van der Waals surface area contributed by atoms with E-state index in [4.69, 9.17) is 0 Å². The molecule has 0 radical (unpaired) electrons. The molecule has 0 saturated carbocycles. The minimum Gasteiger partial charge on any atom is -0.350 e. The van der Waals surface area contributed by atoms with E-state index in [0.29, 0.717) is 17.8 Å². The Balaban J connectivity index is 1.61. The summed E-state index contributed by atoms with van der Waals surface area (Å²) in [6, 6.07) is 9.87. The third-order valence-electron chi connectivity index (χ3n) is 5.73. The van der Waals surface area contributed by atoms with Crippen LogP contribution < -0.4 is 10.0 Å². The smallest absolute Gasteiger partial charge is 0.261 e. The van der Waals surface area contributed by atoms with Crippen LogP contribution in [0.3, 0.4) is 0 Å². The van der Waals surface area contributed by atoms with E-state index in [-0.39, 0.29) is 21.9 Å². The van der Waals surface area contributed by atoms with Gasteiger partial charge in [0.05, 0.1) is 4.90 Å². The first-order chi connectivity index (χ1) is 14.6. The molecule has 2 aromatic rings. The summed E-state index contributed by atoms with van der Waals surface area (Å²) in [6.45, 7) is 8.40. The van der Waals surface area contributed by atoms with Crippen molar-refractivity contribution in [3.8, 4) is 0 Å². The third-order valence-corrected chi connectivity index (χ3v) is 7.11. The Morgan fingerprint density at radius 2 is 1.71 bits per heavy atom. The fourth-order valence-electron chi connectivity index (χ4n) is 3.70. The number of benzene rings is 2. The van der Waals surface area contributed by atoms with Crippen molar-refractivity contribution in [3.05, 3.63) is 59.4 Å². The van der Waals surface area contributed by atoms with E-state index >= 15 is 0 Å². The van der Waals surface area contributed by atoms with Gasteiger partial charge in [-0.3, -0.25) is 14.4 Å². The van der Waals surface area contributed by atoms with Gasteiger partial charge in [-0.2, -0.15) is 0 Å². The van der Waals surface area contributed by atoms with Crippen molar-refractivity contribution in [1.29, 1.82) is 0 Å². The molecule has 0 aliphatic carbocycles. The number of carbonyl (C=O) groups is 1. The summed E-state index contributed by atoms with van der Waals surface area (Å²) in [5.74, 6) is -0.661. The molecule has 31 heavy (non-hydrogen) atoms. The molecule has 0 unspecified atom stereocenters. The second kappa shape index (κ2) is 9.36. The molecule has 1 aliphatic heterocycles. The van der Waals surface area contributed by atoms with E-state index in [9.17, 15) is 17.6 Å². The minimum atomic E-state index is -3.85. The van der Waals surface area contributed by atoms with Gasteiger partial charge < -0.3 is 5.32 Å². The highest BCUT2D eigenvalue weighted by molar-refractivity contribution is 7.92. The van der Waals surface area contributed by atoms with Gasteiger partial charge in [-0.1, -0.05) is 6.42 Å². The van der Waals surface area contributed by atoms with Crippen LogP contribution in [0, 0.1) is 12.7 Å². The van der Waals surface area contributed by atoms with E-state index in [2.05, 4.69) is 28.8 Å². The molecule has 0 bridgehead atoms. The quantitative estimate of drug-likeness (QED) is 0.674. The van der Waals surface area contributed by atoms with Gasteiger partial charge in [0.1, 0.15) is 5.82 Å². The molecule has 2 N–H and O–H groups in total. The molecule has 8 heteroatoms. The lowest BCUT2D eigenvalue weighted by molar-refractivity contribution is 0.0797. The molecular weight excluding hydrogens is 417 g/mol. The van der Waals surface area contributed by atoms with Crippen LogP contribution in [0.4, 0.5) is 10.1 Å². The molecule has 3 rings (SSSR count). The van der Waals surface area contributed by atoms with Crippen molar-refractivity contribution < 1.29 is 17.6 Å². The Morgan fingerprint density at radius 3 is 2.32 bits per heavy atom. The SMILES string of the molecule is Cc1cc(S(=O)(=O)Nc2ccc(C(=O)NCC(C)(C)N3CCCCC3)cc2)ccc1F. The Bertz CT molecular complexity index is 1030. The highest BCUT2D eigenvalue weighted by Gasteiger charge is 2.28. The number of hydrogen-bond donors (Lipinski definition) is 2. The Morgan fingerprint density at radius 1 is 1.06 bits per heavy atom. The van der Waals surface area contributed by atoms with Crippen LogP contribution in [0.15, 0.2) is 47.4 Å². The second-order valence-corrected chi connectivity index (χ2v) is 10.3. The number of nitrogens with one attached hydrogen (secondary N) is 2. The van der Waals surface area contributed by atoms with Crippen molar-refractivity contribution >= 4 is 21.6 Å². The average Bonchev–Trinajstić information content (AvgIpc) is 2.75. The lowest BCUT2D eigenvalue weighted by Gasteiger charge is -2.41. The zero-order chi connectivity index (χ0) is 22.6. The van der Waals surface area contributed by atoms with Crippen molar-refractivity contribution in [2.75, 3.05) is 24.4 Å². The van der Waals surface area contributed by atoms with Gasteiger partial charge in [0, 0.05) is 23.3 Å². The lowest BCUT2D eigenvalue weighted by Crippen LogP contribution is -2.53. The lowest BCUT2D eigenvalue weighted by atomic mass is 9.98.